The SMILES string of the molecule is FC1(F)C(n2ncc3ccccc32)C(F)(F)C1(F)F. The topological polar surface area (TPSA) is 17.8 Å². The summed E-state index contributed by atoms with van der Waals surface area (Å²) in [5.74, 6) is -15.0. The lowest BCUT2D eigenvalue weighted by atomic mass is 9.78. The molecule has 2 aromatic rings. The zero-order valence-corrected chi connectivity index (χ0v) is 9.13. The second kappa shape index (κ2) is 3.23. The van der Waals surface area contributed by atoms with Gasteiger partial charge in [-0.3, -0.25) is 0 Å². The molecule has 1 aromatic heterocycles. The summed E-state index contributed by atoms with van der Waals surface area (Å²) in [7, 11) is 0. The fourth-order valence-electron chi connectivity index (χ4n) is 2.22. The van der Waals surface area contributed by atoms with Gasteiger partial charge in [-0.05, 0) is 6.07 Å². The number of hydrogen-bond donors (Lipinski definition) is 0. The first kappa shape index (κ1) is 12.3. The summed E-state index contributed by atoms with van der Waals surface area (Å²) in [5, 5.41) is 3.72. The predicted octanol–water partition coefficient (Wildman–Crippen LogP) is 3.50. The van der Waals surface area contributed by atoms with Crippen molar-refractivity contribution in [1.29, 1.82) is 0 Å². The summed E-state index contributed by atoms with van der Waals surface area (Å²) >= 11 is 0. The Hall–Kier alpha value is -1.73. The lowest BCUT2D eigenvalue weighted by Crippen LogP contribution is -2.74. The van der Waals surface area contributed by atoms with Gasteiger partial charge in [-0.15, -0.1) is 0 Å². The van der Waals surface area contributed by atoms with Crippen LogP contribution in [0.15, 0.2) is 30.5 Å². The number of rotatable bonds is 1. The van der Waals surface area contributed by atoms with Gasteiger partial charge in [-0.25, -0.2) is 4.68 Å². The first-order chi connectivity index (χ1) is 8.71. The van der Waals surface area contributed by atoms with Gasteiger partial charge >= 0.3 is 17.8 Å². The smallest absolute Gasteiger partial charge is 0.249 e. The first-order valence-corrected chi connectivity index (χ1v) is 5.27. The van der Waals surface area contributed by atoms with Crippen LogP contribution in [0, 0.1) is 0 Å². The van der Waals surface area contributed by atoms with Crippen LogP contribution in [0.25, 0.3) is 10.9 Å². The highest BCUT2D eigenvalue weighted by Gasteiger charge is 2.91. The molecule has 8 heteroatoms. The Morgan fingerprint density at radius 1 is 0.947 bits per heavy atom. The van der Waals surface area contributed by atoms with E-state index in [0.29, 0.717) is 5.39 Å². The van der Waals surface area contributed by atoms with E-state index in [1.165, 1.54) is 18.2 Å². The molecule has 0 aliphatic heterocycles. The fourth-order valence-corrected chi connectivity index (χ4v) is 2.22. The second-order valence-corrected chi connectivity index (χ2v) is 4.37. The maximum Gasteiger partial charge on any atom is 0.376 e. The molecule has 0 amide bonds. The molecule has 0 N–H and O–H groups in total. The van der Waals surface area contributed by atoms with Crippen molar-refractivity contribution in [2.75, 3.05) is 0 Å². The van der Waals surface area contributed by atoms with Crippen molar-refractivity contribution in [3.8, 4) is 0 Å². The molecule has 1 aromatic carbocycles. The molecule has 1 aliphatic rings. The van der Waals surface area contributed by atoms with Crippen molar-refractivity contribution in [1.82, 2.24) is 9.78 Å². The monoisotopic (exact) mass is 280 g/mol. The number of halogens is 6. The Kier molecular flexibility index (Phi) is 2.09. The van der Waals surface area contributed by atoms with Gasteiger partial charge in [0.15, 0.2) is 6.04 Å². The molecule has 0 saturated heterocycles. The van der Waals surface area contributed by atoms with E-state index in [1.807, 2.05) is 0 Å². The summed E-state index contributed by atoms with van der Waals surface area (Å²) in [6.45, 7) is 0. The van der Waals surface area contributed by atoms with Gasteiger partial charge < -0.3 is 0 Å². The molecule has 0 radical (unpaired) electrons. The van der Waals surface area contributed by atoms with Crippen LogP contribution in [-0.4, -0.2) is 27.5 Å². The Morgan fingerprint density at radius 3 is 2.16 bits per heavy atom. The maximum atomic E-state index is 13.3. The van der Waals surface area contributed by atoms with Gasteiger partial charge in [-0.2, -0.15) is 31.4 Å². The summed E-state index contributed by atoms with van der Waals surface area (Å²) in [6, 6.07) is 2.74. The van der Waals surface area contributed by atoms with Gasteiger partial charge in [0.25, 0.3) is 0 Å². The van der Waals surface area contributed by atoms with Crippen LogP contribution in [0.5, 0.6) is 0 Å². The van der Waals surface area contributed by atoms with Gasteiger partial charge in [0.2, 0.25) is 0 Å². The highest BCUT2D eigenvalue weighted by atomic mass is 19.4. The average Bonchev–Trinajstić information content (AvgIpc) is 2.72. The summed E-state index contributed by atoms with van der Waals surface area (Å²) < 4.78 is 79.0. The average molecular weight is 280 g/mol. The van der Waals surface area contributed by atoms with Crippen LogP contribution >= 0.6 is 0 Å². The molecule has 19 heavy (non-hydrogen) atoms. The van der Waals surface area contributed by atoms with Gasteiger partial charge in [-0.1, -0.05) is 18.2 Å². The molecule has 0 unspecified atom stereocenters. The highest BCUT2D eigenvalue weighted by Crippen LogP contribution is 2.66. The van der Waals surface area contributed by atoms with E-state index in [9.17, 15) is 26.3 Å². The van der Waals surface area contributed by atoms with Crippen molar-refractivity contribution in [2.24, 2.45) is 0 Å². The highest BCUT2D eigenvalue weighted by molar-refractivity contribution is 5.78. The Bertz CT molecular complexity index is 629. The lowest BCUT2D eigenvalue weighted by molar-refractivity contribution is -0.427. The van der Waals surface area contributed by atoms with E-state index < -0.39 is 23.8 Å². The Morgan fingerprint density at radius 2 is 1.53 bits per heavy atom. The molecular formula is C11H6F6N2. The van der Waals surface area contributed by atoms with Gasteiger partial charge in [0, 0.05) is 5.39 Å². The van der Waals surface area contributed by atoms with Crippen LogP contribution in [0.3, 0.4) is 0 Å². The molecule has 0 bridgehead atoms. The van der Waals surface area contributed by atoms with Crippen LogP contribution in [-0.2, 0) is 0 Å². The van der Waals surface area contributed by atoms with Crippen molar-refractivity contribution >= 4 is 10.9 Å². The molecule has 0 atom stereocenters. The second-order valence-electron chi connectivity index (χ2n) is 4.37. The molecule has 1 aliphatic carbocycles. The first-order valence-electron chi connectivity index (χ1n) is 5.27. The minimum absolute atomic E-state index is 0.0395. The van der Waals surface area contributed by atoms with Crippen LogP contribution in [0.1, 0.15) is 6.04 Å². The molecule has 1 fully saturated rings. The third-order valence-electron chi connectivity index (χ3n) is 3.27. The number of para-hydroxylation sites is 1. The third-order valence-corrected chi connectivity index (χ3v) is 3.27. The Balaban J connectivity index is 2.18. The van der Waals surface area contributed by atoms with Crippen molar-refractivity contribution < 1.29 is 26.3 Å². The molecule has 102 valence electrons. The molecular weight excluding hydrogens is 274 g/mol. The van der Waals surface area contributed by atoms with Gasteiger partial charge in [0.1, 0.15) is 0 Å². The number of hydrogen-bond acceptors (Lipinski definition) is 1. The summed E-state index contributed by atoms with van der Waals surface area (Å²) in [5.41, 5.74) is -0.0395. The number of benzene rings is 1. The van der Waals surface area contributed by atoms with E-state index in [2.05, 4.69) is 5.10 Å². The number of fused-ring (bicyclic) bond motifs is 1. The maximum absolute atomic E-state index is 13.3. The molecule has 1 heterocycles. The zero-order valence-electron chi connectivity index (χ0n) is 9.13. The van der Waals surface area contributed by atoms with Crippen LogP contribution in [0.4, 0.5) is 26.3 Å². The molecule has 3 rings (SSSR count). The van der Waals surface area contributed by atoms with Gasteiger partial charge in [0.05, 0.1) is 11.7 Å². The van der Waals surface area contributed by atoms with Crippen molar-refractivity contribution in [3.63, 3.8) is 0 Å². The zero-order chi connectivity index (χ0) is 14.1. The van der Waals surface area contributed by atoms with E-state index >= 15 is 0 Å². The van der Waals surface area contributed by atoms with E-state index in [4.69, 9.17) is 0 Å². The Labute approximate surface area is 102 Å². The van der Waals surface area contributed by atoms with Crippen molar-refractivity contribution in [2.45, 2.75) is 23.8 Å². The molecule has 1 saturated carbocycles. The van der Waals surface area contributed by atoms with Crippen molar-refractivity contribution in [3.05, 3.63) is 30.5 Å². The van der Waals surface area contributed by atoms with Crippen LogP contribution in [0.2, 0.25) is 0 Å². The van der Waals surface area contributed by atoms with E-state index in [0.717, 1.165) is 6.20 Å². The summed E-state index contributed by atoms with van der Waals surface area (Å²) in [4.78, 5) is 0. The largest absolute Gasteiger partial charge is 0.376 e. The standard InChI is InChI=1S/C11H6F6N2/c12-9(13)8(10(14,15)11(9,16)17)19-7-4-2-1-3-6(7)5-18-19/h1-5,8H. The van der Waals surface area contributed by atoms with E-state index in [-0.39, 0.29) is 10.2 Å². The minimum atomic E-state index is -5.36. The molecule has 0 spiro atoms. The number of aromatic nitrogens is 2. The fraction of sp³-hybridized carbons (Fsp3) is 0.364. The predicted molar refractivity (Wildman–Crippen MR) is 53.6 cm³/mol. The number of alkyl halides is 6. The number of nitrogens with zero attached hydrogens (tertiary/aromatic N) is 2. The molecule has 2 nitrogen and oxygen atoms in total. The third kappa shape index (κ3) is 1.21. The quantitative estimate of drug-likeness (QED) is 0.731. The lowest BCUT2D eigenvalue weighted by Gasteiger charge is -2.49. The van der Waals surface area contributed by atoms with E-state index in [1.54, 1.807) is 6.07 Å². The summed E-state index contributed by atoms with van der Waals surface area (Å²) in [6.07, 6.45) is 1.08. The minimum Gasteiger partial charge on any atom is -0.249 e. The normalized spacial score (nSPS) is 24.3. The van der Waals surface area contributed by atoms with Crippen LogP contribution < -0.4 is 0 Å².